The van der Waals surface area contributed by atoms with Gasteiger partial charge in [0.1, 0.15) is 5.52 Å². The molecule has 1 aromatic carbocycles. The molecule has 2 rings (SSSR count). The van der Waals surface area contributed by atoms with Gasteiger partial charge in [-0.05, 0) is 19.1 Å². The van der Waals surface area contributed by atoms with Gasteiger partial charge in [-0.2, -0.15) is 0 Å². The van der Waals surface area contributed by atoms with Crippen LogP contribution < -0.4 is 5.32 Å². The molecular weight excluding hydrogens is 296 g/mol. The van der Waals surface area contributed by atoms with Gasteiger partial charge in [-0.15, -0.1) is 0 Å². The van der Waals surface area contributed by atoms with E-state index < -0.39 is 24.0 Å². The fourth-order valence-electron chi connectivity index (χ4n) is 1.64. The van der Waals surface area contributed by atoms with E-state index in [4.69, 9.17) is 9.52 Å². The van der Waals surface area contributed by atoms with Gasteiger partial charge in [0.2, 0.25) is 5.91 Å². The van der Waals surface area contributed by atoms with E-state index >= 15 is 0 Å². The van der Waals surface area contributed by atoms with E-state index in [2.05, 4.69) is 10.3 Å². The minimum Gasteiger partial charge on any atom is -0.480 e. The number of carbonyl (C=O) groups excluding carboxylic acids is 1. The van der Waals surface area contributed by atoms with Crippen molar-refractivity contribution in [1.82, 2.24) is 10.3 Å². The van der Waals surface area contributed by atoms with Crippen molar-refractivity contribution >= 4 is 34.7 Å². The first-order valence-corrected chi connectivity index (χ1v) is 7.14. The maximum atomic E-state index is 11.7. The fraction of sp³-hybridized carbons (Fsp3) is 0.308. The molecule has 1 aromatic heterocycles. The number of aliphatic hydroxyl groups excluding tert-OH is 1. The summed E-state index contributed by atoms with van der Waals surface area (Å²) in [7, 11) is 0. The van der Waals surface area contributed by atoms with E-state index in [0.29, 0.717) is 16.3 Å². The van der Waals surface area contributed by atoms with Crippen LogP contribution in [0.2, 0.25) is 0 Å². The third-order valence-corrected chi connectivity index (χ3v) is 3.49. The predicted molar refractivity (Wildman–Crippen MR) is 76.0 cm³/mol. The van der Waals surface area contributed by atoms with Crippen molar-refractivity contribution in [3.63, 3.8) is 0 Å². The van der Waals surface area contributed by atoms with Gasteiger partial charge in [-0.25, -0.2) is 9.78 Å². The lowest BCUT2D eigenvalue weighted by Gasteiger charge is -2.16. The van der Waals surface area contributed by atoms with E-state index in [0.717, 1.165) is 11.8 Å². The number of aliphatic carboxylic acids is 1. The first-order valence-electron chi connectivity index (χ1n) is 6.16. The van der Waals surface area contributed by atoms with Crippen molar-refractivity contribution in [2.24, 2.45) is 0 Å². The normalized spacial score (nSPS) is 13.8. The quantitative estimate of drug-likeness (QED) is 0.678. The number of amides is 1. The fourth-order valence-corrected chi connectivity index (χ4v) is 2.29. The lowest BCUT2D eigenvalue weighted by Crippen LogP contribution is -2.48. The maximum Gasteiger partial charge on any atom is 0.328 e. The zero-order valence-electron chi connectivity index (χ0n) is 11.1. The second kappa shape index (κ2) is 6.59. The third kappa shape index (κ3) is 3.96. The number of aromatic nitrogens is 1. The summed E-state index contributed by atoms with van der Waals surface area (Å²) < 4.78 is 5.42. The summed E-state index contributed by atoms with van der Waals surface area (Å²) in [5.41, 5.74) is 1.31. The summed E-state index contributed by atoms with van der Waals surface area (Å²) in [6.45, 7) is 1.30. The molecule has 0 aliphatic carbocycles. The first-order chi connectivity index (χ1) is 9.97. The summed E-state index contributed by atoms with van der Waals surface area (Å²) in [4.78, 5) is 26.7. The molecule has 3 N–H and O–H groups in total. The van der Waals surface area contributed by atoms with Crippen molar-refractivity contribution in [2.45, 2.75) is 24.3 Å². The molecule has 2 atom stereocenters. The van der Waals surface area contributed by atoms with Crippen LogP contribution in [0.5, 0.6) is 0 Å². The Morgan fingerprint density at radius 3 is 2.76 bits per heavy atom. The van der Waals surface area contributed by atoms with Gasteiger partial charge in [0.15, 0.2) is 11.6 Å². The Labute approximate surface area is 124 Å². The van der Waals surface area contributed by atoms with Gasteiger partial charge < -0.3 is 19.9 Å². The number of para-hydroxylation sites is 2. The number of aliphatic hydroxyl groups is 1. The van der Waals surface area contributed by atoms with Crippen molar-refractivity contribution < 1.29 is 24.2 Å². The monoisotopic (exact) mass is 310 g/mol. The molecule has 21 heavy (non-hydrogen) atoms. The highest BCUT2D eigenvalue weighted by Gasteiger charge is 2.25. The molecule has 1 amide bonds. The number of rotatable bonds is 6. The number of carboxylic acids is 1. The first kappa shape index (κ1) is 15.3. The summed E-state index contributed by atoms with van der Waals surface area (Å²) >= 11 is 1.06. The lowest BCUT2D eigenvalue weighted by atomic mass is 10.2. The van der Waals surface area contributed by atoms with Crippen LogP contribution in [-0.2, 0) is 9.59 Å². The standard InChI is InChI=1S/C13H14N2O5S/c1-7(16)11(12(18)19)15-10(17)6-21-13-14-8-4-2-3-5-9(8)20-13/h2-5,7,11,16H,6H2,1H3,(H,15,17)(H,18,19). The van der Waals surface area contributed by atoms with Crippen LogP contribution in [0, 0.1) is 0 Å². The van der Waals surface area contributed by atoms with Crippen LogP contribution >= 0.6 is 11.8 Å². The molecule has 0 aliphatic heterocycles. The third-order valence-electron chi connectivity index (χ3n) is 2.67. The predicted octanol–water partition coefficient (Wildman–Crippen LogP) is 0.870. The van der Waals surface area contributed by atoms with Crippen LogP contribution in [0.25, 0.3) is 11.1 Å². The summed E-state index contributed by atoms with van der Waals surface area (Å²) in [5, 5.41) is 20.7. The Morgan fingerprint density at radius 2 is 2.14 bits per heavy atom. The zero-order chi connectivity index (χ0) is 15.4. The highest BCUT2D eigenvalue weighted by atomic mass is 32.2. The average Bonchev–Trinajstić information content (AvgIpc) is 2.84. The van der Waals surface area contributed by atoms with Gasteiger partial charge in [-0.1, -0.05) is 23.9 Å². The minimum absolute atomic E-state index is 0.0523. The largest absolute Gasteiger partial charge is 0.480 e. The van der Waals surface area contributed by atoms with Crippen LogP contribution in [0.3, 0.4) is 0 Å². The molecule has 0 fully saturated rings. The van der Waals surface area contributed by atoms with E-state index in [-0.39, 0.29) is 5.75 Å². The number of nitrogens with one attached hydrogen (secondary N) is 1. The minimum atomic E-state index is -1.33. The second-order valence-electron chi connectivity index (χ2n) is 4.36. The smallest absolute Gasteiger partial charge is 0.328 e. The summed E-state index contributed by atoms with van der Waals surface area (Å²) in [5.74, 6) is -1.86. The number of thioether (sulfide) groups is 1. The van der Waals surface area contributed by atoms with Gasteiger partial charge in [0, 0.05) is 0 Å². The molecule has 0 radical (unpaired) electrons. The van der Waals surface area contributed by atoms with Gasteiger partial charge in [0.05, 0.1) is 11.9 Å². The van der Waals surface area contributed by atoms with Crippen molar-refractivity contribution in [2.75, 3.05) is 5.75 Å². The number of hydrogen-bond acceptors (Lipinski definition) is 6. The molecular formula is C13H14N2O5S. The molecule has 7 nitrogen and oxygen atoms in total. The van der Waals surface area contributed by atoms with Gasteiger partial charge in [-0.3, -0.25) is 4.79 Å². The number of benzene rings is 1. The van der Waals surface area contributed by atoms with Crippen LogP contribution in [-0.4, -0.2) is 45.0 Å². The molecule has 0 spiro atoms. The molecule has 1 heterocycles. The Bertz CT molecular complexity index is 622. The zero-order valence-corrected chi connectivity index (χ0v) is 12.0. The Balaban J connectivity index is 1.93. The average molecular weight is 310 g/mol. The molecule has 0 bridgehead atoms. The van der Waals surface area contributed by atoms with E-state index in [9.17, 15) is 14.7 Å². The number of oxazole rings is 1. The highest BCUT2D eigenvalue weighted by molar-refractivity contribution is 7.99. The number of hydrogen-bond donors (Lipinski definition) is 3. The molecule has 2 unspecified atom stereocenters. The van der Waals surface area contributed by atoms with Crippen LogP contribution in [0.1, 0.15) is 6.92 Å². The summed E-state index contributed by atoms with van der Waals surface area (Å²) in [6, 6.07) is 5.86. The Kier molecular flexibility index (Phi) is 4.81. The molecule has 0 saturated carbocycles. The SMILES string of the molecule is CC(O)C(NC(=O)CSc1nc2ccccc2o1)C(=O)O. The van der Waals surface area contributed by atoms with Crippen molar-refractivity contribution in [1.29, 1.82) is 0 Å². The van der Waals surface area contributed by atoms with Crippen molar-refractivity contribution in [3.05, 3.63) is 24.3 Å². The van der Waals surface area contributed by atoms with Gasteiger partial charge in [0.25, 0.3) is 5.22 Å². The number of nitrogens with zero attached hydrogens (tertiary/aromatic N) is 1. The number of fused-ring (bicyclic) bond motifs is 1. The summed E-state index contributed by atoms with van der Waals surface area (Å²) in [6.07, 6.45) is -1.18. The lowest BCUT2D eigenvalue weighted by molar-refractivity contribution is -0.144. The van der Waals surface area contributed by atoms with Gasteiger partial charge >= 0.3 is 5.97 Å². The molecule has 2 aromatic rings. The molecule has 0 aliphatic rings. The number of carboxylic acid groups (broad SMARTS) is 1. The molecule has 8 heteroatoms. The maximum absolute atomic E-state index is 11.7. The Hall–Kier alpha value is -2.06. The number of carbonyl (C=O) groups is 2. The Morgan fingerprint density at radius 1 is 1.43 bits per heavy atom. The molecule has 0 saturated heterocycles. The van der Waals surface area contributed by atoms with Crippen molar-refractivity contribution in [3.8, 4) is 0 Å². The van der Waals surface area contributed by atoms with E-state index in [1.165, 1.54) is 6.92 Å². The second-order valence-corrected chi connectivity index (χ2v) is 5.29. The topological polar surface area (TPSA) is 113 Å². The highest BCUT2D eigenvalue weighted by Crippen LogP contribution is 2.22. The van der Waals surface area contributed by atoms with E-state index in [1.54, 1.807) is 12.1 Å². The molecule has 112 valence electrons. The van der Waals surface area contributed by atoms with E-state index in [1.807, 2.05) is 12.1 Å². The van der Waals surface area contributed by atoms with Crippen LogP contribution in [0.15, 0.2) is 33.9 Å². The van der Waals surface area contributed by atoms with Crippen LogP contribution in [0.4, 0.5) is 0 Å².